The number of rotatable bonds is 4. The summed E-state index contributed by atoms with van der Waals surface area (Å²) in [5, 5.41) is 0.513. The van der Waals surface area contributed by atoms with Crippen molar-refractivity contribution in [3.63, 3.8) is 0 Å². The van der Waals surface area contributed by atoms with Crippen molar-refractivity contribution in [1.29, 1.82) is 0 Å². The molecule has 2 N–H and O–H groups in total. The Kier molecular flexibility index (Phi) is 3.72. The second-order valence-corrected chi connectivity index (χ2v) is 4.47. The first kappa shape index (κ1) is 12.7. The molecule has 5 nitrogen and oxygen atoms in total. The van der Waals surface area contributed by atoms with Gasteiger partial charge in [0.15, 0.2) is 0 Å². The fraction of sp³-hybridized carbons (Fsp3) is 0.333. The Labute approximate surface area is 110 Å². The minimum absolute atomic E-state index is 0.0582. The van der Waals surface area contributed by atoms with Crippen LogP contribution in [0.25, 0.3) is 0 Å². The first-order valence-corrected chi connectivity index (χ1v) is 6.16. The number of nitrogens with zero attached hydrogens (tertiary/aromatic N) is 3. The number of halogens is 1. The van der Waals surface area contributed by atoms with Gasteiger partial charge in [-0.15, -0.1) is 0 Å². The number of pyridine rings is 1. The zero-order valence-corrected chi connectivity index (χ0v) is 10.9. The van der Waals surface area contributed by atoms with Gasteiger partial charge in [0.1, 0.15) is 5.82 Å². The summed E-state index contributed by atoms with van der Waals surface area (Å²) in [4.78, 5) is 16.1. The Bertz CT molecular complexity index is 602. The predicted octanol–water partition coefficient (Wildman–Crippen LogP) is 1.74. The maximum atomic E-state index is 12.0. The van der Waals surface area contributed by atoms with E-state index < -0.39 is 0 Å². The second kappa shape index (κ2) is 5.27. The third kappa shape index (κ3) is 2.56. The van der Waals surface area contributed by atoms with Gasteiger partial charge in [-0.05, 0) is 18.6 Å². The van der Waals surface area contributed by atoms with Crippen LogP contribution in [0, 0.1) is 0 Å². The summed E-state index contributed by atoms with van der Waals surface area (Å²) in [7, 11) is 0. The summed E-state index contributed by atoms with van der Waals surface area (Å²) in [6.45, 7) is 3.07. The molecular formula is C12H15ClN4O. The molecular weight excluding hydrogens is 252 g/mol. The molecule has 0 spiro atoms. The van der Waals surface area contributed by atoms with Crippen LogP contribution in [-0.4, -0.2) is 14.1 Å². The average molecular weight is 267 g/mol. The van der Waals surface area contributed by atoms with Crippen LogP contribution >= 0.6 is 11.6 Å². The Morgan fingerprint density at radius 3 is 2.78 bits per heavy atom. The van der Waals surface area contributed by atoms with Crippen molar-refractivity contribution in [1.82, 2.24) is 14.1 Å². The van der Waals surface area contributed by atoms with Crippen LogP contribution in [0.5, 0.6) is 0 Å². The smallest absolute Gasteiger partial charge is 0.328 e. The van der Waals surface area contributed by atoms with Gasteiger partial charge in [0, 0.05) is 18.9 Å². The lowest BCUT2D eigenvalue weighted by atomic mass is 10.3. The van der Waals surface area contributed by atoms with Crippen molar-refractivity contribution >= 4 is 17.4 Å². The van der Waals surface area contributed by atoms with Crippen molar-refractivity contribution in [3.05, 3.63) is 45.7 Å². The Hall–Kier alpha value is -1.75. The summed E-state index contributed by atoms with van der Waals surface area (Å²) in [5.41, 5.74) is 6.16. The number of nitrogens with two attached hydrogens (primary N) is 1. The Morgan fingerprint density at radius 1 is 1.33 bits per heavy atom. The lowest BCUT2D eigenvalue weighted by Crippen LogP contribution is -2.24. The average Bonchev–Trinajstić information content (AvgIpc) is 2.67. The molecule has 0 atom stereocenters. The number of hydrogen-bond acceptors (Lipinski definition) is 3. The predicted molar refractivity (Wildman–Crippen MR) is 71.7 cm³/mol. The number of imidazole rings is 1. The minimum Gasteiger partial charge on any atom is -0.384 e. The van der Waals surface area contributed by atoms with Crippen molar-refractivity contribution in [3.8, 4) is 0 Å². The number of aromatic nitrogens is 3. The van der Waals surface area contributed by atoms with Crippen LogP contribution in [0.2, 0.25) is 5.02 Å². The lowest BCUT2D eigenvalue weighted by Gasteiger charge is -2.05. The van der Waals surface area contributed by atoms with E-state index in [0.29, 0.717) is 29.6 Å². The lowest BCUT2D eigenvalue weighted by molar-refractivity contribution is 0.621. The molecule has 0 aliphatic carbocycles. The third-order valence-electron chi connectivity index (χ3n) is 2.64. The highest BCUT2D eigenvalue weighted by atomic mass is 35.5. The Morgan fingerprint density at radius 2 is 2.06 bits per heavy atom. The van der Waals surface area contributed by atoms with E-state index in [1.165, 1.54) is 0 Å². The van der Waals surface area contributed by atoms with Gasteiger partial charge in [0.2, 0.25) is 0 Å². The first-order chi connectivity index (χ1) is 8.61. The van der Waals surface area contributed by atoms with Gasteiger partial charge in [-0.25, -0.2) is 9.78 Å². The fourth-order valence-corrected chi connectivity index (χ4v) is 1.92. The van der Waals surface area contributed by atoms with Gasteiger partial charge in [-0.3, -0.25) is 9.13 Å². The highest BCUT2D eigenvalue weighted by molar-refractivity contribution is 6.31. The van der Waals surface area contributed by atoms with E-state index in [9.17, 15) is 4.79 Å². The van der Waals surface area contributed by atoms with E-state index in [-0.39, 0.29) is 5.69 Å². The highest BCUT2D eigenvalue weighted by Gasteiger charge is 2.07. The largest absolute Gasteiger partial charge is 0.384 e. The van der Waals surface area contributed by atoms with Gasteiger partial charge in [0.05, 0.1) is 17.3 Å². The van der Waals surface area contributed by atoms with E-state index in [1.807, 2.05) is 6.92 Å². The molecule has 2 heterocycles. The monoisotopic (exact) mass is 266 g/mol. The Balaban J connectivity index is 2.29. The summed E-state index contributed by atoms with van der Waals surface area (Å²) in [5.74, 6) is 0.399. The molecule has 0 aliphatic rings. The molecule has 0 unspecified atom stereocenters. The second-order valence-electron chi connectivity index (χ2n) is 4.07. The SMILES string of the molecule is CCCn1ccn(Cc2nc(N)ccc2Cl)c1=O. The van der Waals surface area contributed by atoms with Crippen LogP contribution in [0.1, 0.15) is 19.0 Å². The van der Waals surface area contributed by atoms with E-state index in [4.69, 9.17) is 17.3 Å². The summed E-state index contributed by atoms with van der Waals surface area (Å²) in [6.07, 6.45) is 4.42. The van der Waals surface area contributed by atoms with Crippen LogP contribution in [0.3, 0.4) is 0 Å². The number of aryl methyl sites for hydroxylation is 1. The molecule has 2 aromatic rings. The molecule has 0 radical (unpaired) electrons. The van der Waals surface area contributed by atoms with Gasteiger partial charge in [-0.1, -0.05) is 18.5 Å². The minimum atomic E-state index is -0.0582. The quantitative estimate of drug-likeness (QED) is 0.917. The van der Waals surface area contributed by atoms with Crippen molar-refractivity contribution in [2.75, 3.05) is 5.73 Å². The van der Waals surface area contributed by atoms with Gasteiger partial charge >= 0.3 is 5.69 Å². The van der Waals surface area contributed by atoms with Crippen molar-refractivity contribution < 1.29 is 0 Å². The standard InChI is InChI=1S/C12H15ClN4O/c1-2-5-16-6-7-17(12(16)18)8-10-9(13)3-4-11(14)15-10/h3-4,6-7H,2,5,8H2,1H3,(H2,14,15). The van der Waals surface area contributed by atoms with Crippen molar-refractivity contribution in [2.24, 2.45) is 0 Å². The van der Waals surface area contributed by atoms with E-state index >= 15 is 0 Å². The number of hydrogen-bond donors (Lipinski definition) is 1. The zero-order valence-electron chi connectivity index (χ0n) is 10.1. The van der Waals surface area contributed by atoms with E-state index in [1.54, 1.807) is 33.7 Å². The topological polar surface area (TPSA) is 65.8 Å². The third-order valence-corrected chi connectivity index (χ3v) is 2.99. The molecule has 2 aromatic heterocycles. The molecule has 0 amide bonds. The van der Waals surface area contributed by atoms with Crippen LogP contribution in [-0.2, 0) is 13.1 Å². The molecule has 0 fully saturated rings. The molecule has 96 valence electrons. The normalized spacial score (nSPS) is 10.8. The van der Waals surface area contributed by atoms with E-state index in [0.717, 1.165) is 6.42 Å². The van der Waals surface area contributed by atoms with Crippen molar-refractivity contribution in [2.45, 2.75) is 26.4 Å². The van der Waals surface area contributed by atoms with Gasteiger partial charge in [0.25, 0.3) is 0 Å². The van der Waals surface area contributed by atoms with Crippen LogP contribution in [0.15, 0.2) is 29.3 Å². The molecule has 0 saturated carbocycles. The van der Waals surface area contributed by atoms with Crippen LogP contribution < -0.4 is 11.4 Å². The summed E-state index contributed by atoms with van der Waals surface area (Å²) >= 11 is 6.03. The maximum absolute atomic E-state index is 12.0. The number of anilines is 1. The molecule has 0 bridgehead atoms. The summed E-state index contributed by atoms with van der Waals surface area (Å²) in [6, 6.07) is 3.32. The molecule has 0 aliphatic heterocycles. The molecule has 0 aromatic carbocycles. The fourth-order valence-electron chi connectivity index (χ4n) is 1.76. The molecule has 6 heteroatoms. The zero-order chi connectivity index (χ0) is 13.1. The van der Waals surface area contributed by atoms with Crippen LogP contribution in [0.4, 0.5) is 5.82 Å². The molecule has 0 saturated heterocycles. The summed E-state index contributed by atoms with van der Waals surface area (Å²) < 4.78 is 3.24. The van der Waals surface area contributed by atoms with Gasteiger partial charge < -0.3 is 5.73 Å². The molecule has 2 rings (SSSR count). The van der Waals surface area contributed by atoms with Gasteiger partial charge in [-0.2, -0.15) is 0 Å². The highest BCUT2D eigenvalue weighted by Crippen LogP contribution is 2.15. The maximum Gasteiger partial charge on any atom is 0.328 e. The van der Waals surface area contributed by atoms with E-state index in [2.05, 4.69) is 4.98 Å². The number of nitrogen functional groups attached to an aromatic ring is 1. The first-order valence-electron chi connectivity index (χ1n) is 5.78. The molecule has 18 heavy (non-hydrogen) atoms.